The summed E-state index contributed by atoms with van der Waals surface area (Å²) in [5.74, 6) is -0.437. The number of benzene rings is 1. The molecule has 0 fully saturated rings. The highest BCUT2D eigenvalue weighted by molar-refractivity contribution is 6.32. The third-order valence-electron chi connectivity index (χ3n) is 3.91. The number of H-pyrrole nitrogens is 1. The van der Waals surface area contributed by atoms with Crippen LogP contribution in [0.1, 0.15) is 5.56 Å². The van der Waals surface area contributed by atoms with Crippen molar-refractivity contribution in [2.75, 3.05) is 5.32 Å². The fraction of sp³-hybridized carbons (Fsp3) is 0.0556. The van der Waals surface area contributed by atoms with Crippen molar-refractivity contribution in [1.29, 1.82) is 0 Å². The molecule has 0 bridgehead atoms. The number of alkyl halides is 3. The van der Waals surface area contributed by atoms with Gasteiger partial charge in [0.1, 0.15) is 17.4 Å². The van der Waals surface area contributed by atoms with Crippen LogP contribution in [-0.4, -0.2) is 30.6 Å². The molecular weight excluding hydrogens is 442 g/mol. The van der Waals surface area contributed by atoms with E-state index in [1.54, 1.807) is 12.1 Å². The zero-order valence-corrected chi connectivity index (χ0v) is 15.9. The molecule has 0 spiro atoms. The van der Waals surface area contributed by atoms with E-state index in [2.05, 4.69) is 35.9 Å². The van der Waals surface area contributed by atoms with Gasteiger partial charge in [-0.15, -0.1) is 10.2 Å². The molecule has 4 aromatic rings. The first-order chi connectivity index (χ1) is 14.8. The number of hydrogen-bond acceptors (Lipinski definition) is 7. The van der Waals surface area contributed by atoms with Crippen LogP contribution >= 0.6 is 11.6 Å². The molecule has 2 N–H and O–H groups in total. The molecule has 0 aliphatic heterocycles. The highest BCUT2D eigenvalue weighted by Gasteiger charge is 2.32. The van der Waals surface area contributed by atoms with E-state index in [0.717, 1.165) is 18.2 Å². The summed E-state index contributed by atoms with van der Waals surface area (Å²) in [5, 5.41) is 16.1. The lowest BCUT2D eigenvalue weighted by Gasteiger charge is -2.15. The van der Waals surface area contributed by atoms with Crippen LogP contribution < -0.4 is 10.1 Å². The standard InChI is InChI=1S/C18H10ClF4N7O/c19-12-6-11(20)2-3-13(12)31-14-5-10(18(21,22)23)8-25-17(14)26-15-4-1-9(7-24-15)16-27-29-30-28-16/h1-8H,(H,24,25,26)(H,27,28,29,30). The number of hydrogen-bond donors (Lipinski definition) is 2. The fourth-order valence-corrected chi connectivity index (χ4v) is 2.66. The van der Waals surface area contributed by atoms with E-state index in [9.17, 15) is 17.6 Å². The van der Waals surface area contributed by atoms with Gasteiger partial charge in [0.05, 0.1) is 10.6 Å². The third-order valence-corrected chi connectivity index (χ3v) is 4.20. The summed E-state index contributed by atoms with van der Waals surface area (Å²) >= 11 is 5.93. The normalized spacial score (nSPS) is 11.4. The molecule has 158 valence electrons. The Morgan fingerprint density at radius 3 is 2.48 bits per heavy atom. The van der Waals surface area contributed by atoms with Gasteiger partial charge in [0.25, 0.3) is 0 Å². The minimum atomic E-state index is -4.65. The maximum absolute atomic E-state index is 13.3. The van der Waals surface area contributed by atoms with E-state index < -0.39 is 17.6 Å². The summed E-state index contributed by atoms with van der Waals surface area (Å²) < 4.78 is 58.2. The molecule has 0 aliphatic rings. The predicted octanol–water partition coefficient (Wildman–Crippen LogP) is 5.00. The Balaban J connectivity index is 1.66. The van der Waals surface area contributed by atoms with E-state index in [1.807, 2.05) is 0 Å². The van der Waals surface area contributed by atoms with Gasteiger partial charge in [0.2, 0.25) is 5.82 Å². The molecule has 3 heterocycles. The van der Waals surface area contributed by atoms with Crippen molar-refractivity contribution in [3.8, 4) is 22.9 Å². The number of halogens is 5. The number of pyridine rings is 2. The molecular formula is C18H10ClF4N7O. The number of aromatic amines is 1. The second-order valence-corrected chi connectivity index (χ2v) is 6.45. The summed E-state index contributed by atoms with van der Waals surface area (Å²) in [6.45, 7) is 0. The van der Waals surface area contributed by atoms with Gasteiger partial charge in [-0.3, -0.25) is 0 Å². The maximum atomic E-state index is 13.3. The molecule has 0 saturated heterocycles. The van der Waals surface area contributed by atoms with Crippen LogP contribution in [0.4, 0.5) is 29.2 Å². The Kier molecular flexibility index (Phi) is 5.38. The van der Waals surface area contributed by atoms with Crippen molar-refractivity contribution in [1.82, 2.24) is 30.6 Å². The zero-order valence-electron chi connectivity index (χ0n) is 15.2. The first-order valence-electron chi connectivity index (χ1n) is 8.46. The number of tetrazole rings is 1. The molecule has 13 heteroatoms. The lowest BCUT2D eigenvalue weighted by Crippen LogP contribution is -2.08. The van der Waals surface area contributed by atoms with Crippen molar-refractivity contribution in [3.05, 3.63) is 65.2 Å². The van der Waals surface area contributed by atoms with Crippen molar-refractivity contribution in [2.45, 2.75) is 6.18 Å². The summed E-state index contributed by atoms with van der Waals surface area (Å²) in [6.07, 6.45) is -2.56. The van der Waals surface area contributed by atoms with Crippen molar-refractivity contribution < 1.29 is 22.3 Å². The Morgan fingerprint density at radius 1 is 1.00 bits per heavy atom. The Labute approximate surface area is 176 Å². The molecule has 0 atom stereocenters. The number of nitrogens with zero attached hydrogens (tertiary/aromatic N) is 5. The summed E-state index contributed by atoms with van der Waals surface area (Å²) in [7, 11) is 0. The Hall–Kier alpha value is -3.80. The van der Waals surface area contributed by atoms with Crippen molar-refractivity contribution >= 4 is 23.2 Å². The summed E-state index contributed by atoms with van der Waals surface area (Å²) in [4.78, 5) is 7.96. The second kappa shape index (κ2) is 8.14. The minimum Gasteiger partial charge on any atom is -0.452 e. The molecule has 0 amide bonds. The Bertz CT molecular complexity index is 1200. The van der Waals surface area contributed by atoms with Crippen LogP contribution in [0.15, 0.2) is 48.8 Å². The SMILES string of the molecule is Fc1ccc(Oc2cc(C(F)(F)F)cnc2Nc2ccc(-c3nn[nH]n3)cn2)c(Cl)c1. The third kappa shape index (κ3) is 4.69. The van der Waals surface area contributed by atoms with E-state index in [-0.39, 0.29) is 28.2 Å². The molecule has 0 unspecified atom stereocenters. The zero-order chi connectivity index (χ0) is 22.0. The van der Waals surface area contributed by atoms with Gasteiger partial charge in [0.15, 0.2) is 11.6 Å². The first-order valence-corrected chi connectivity index (χ1v) is 8.84. The topological polar surface area (TPSA) is 102 Å². The highest BCUT2D eigenvalue weighted by Crippen LogP contribution is 2.38. The number of anilines is 2. The smallest absolute Gasteiger partial charge is 0.418 e. The monoisotopic (exact) mass is 451 g/mol. The highest BCUT2D eigenvalue weighted by atomic mass is 35.5. The number of aromatic nitrogens is 6. The molecule has 1 aromatic carbocycles. The summed E-state index contributed by atoms with van der Waals surface area (Å²) in [5.41, 5.74) is -0.471. The predicted molar refractivity (Wildman–Crippen MR) is 101 cm³/mol. The quantitative estimate of drug-likeness (QED) is 0.411. The van der Waals surface area contributed by atoms with Gasteiger partial charge in [-0.05, 0) is 41.6 Å². The number of nitrogens with one attached hydrogen (secondary N) is 2. The van der Waals surface area contributed by atoms with Gasteiger partial charge >= 0.3 is 6.18 Å². The van der Waals surface area contributed by atoms with Crippen LogP contribution in [0.2, 0.25) is 5.02 Å². The van der Waals surface area contributed by atoms with Crippen LogP contribution in [0.3, 0.4) is 0 Å². The molecule has 0 aliphatic carbocycles. The van der Waals surface area contributed by atoms with E-state index in [1.165, 1.54) is 12.3 Å². The number of ether oxygens (including phenoxy) is 1. The number of rotatable bonds is 5. The van der Waals surface area contributed by atoms with Gasteiger partial charge < -0.3 is 10.1 Å². The van der Waals surface area contributed by atoms with E-state index in [4.69, 9.17) is 16.3 Å². The molecule has 31 heavy (non-hydrogen) atoms. The van der Waals surface area contributed by atoms with Gasteiger partial charge in [-0.2, -0.15) is 18.4 Å². The first kappa shape index (κ1) is 20.5. The van der Waals surface area contributed by atoms with Crippen LogP contribution in [0.5, 0.6) is 11.5 Å². The summed E-state index contributed by atoms with van der Waals surface area (Å²) in [6, 6.07) is 7.15. The fourth-order valence-electron chi connectivity index (χ4n) is 2.45. The largest absolute Gasteiger partial charge is 0.452 e. The van der Waals surface area contributed by atoms with Gasteiger partial charge in [-0.25, -0.2) is 14.4 Å². The molecule has 4 rings (SSSR count). The molecule has 8 nitrogen and oxygen atoms in total. The second-order valence-electron chi connectivity index (χ2n) is 6.04. The lowest BCUT2D eigenvalue weighted by molar-refractivity contribution is -0.137. The Morgan fingerprint density at radius 2 is 1.84 bits per heavy atom. The average Bonchev–Trinajstić information content (AvgIpc) is 3.26. The van der Waals surface area contributed by atoms with Crippen molar-refractivity contribution in [2.24, 2.45) is 0 Å². The molecule has 3 aromatic heterocycles. The average molecular weight is 452 g/mol. The van der Waals surface area contributed by atoms with E-state index in [0.29, 0.717) is 17.6 Å². The van der Waals surface area contributed by atoms with Crippen LogP contribution in [-0.2, 0) is 6.18 Å². The van der Waals surface area contributed by atoms with E-state index >= 15 is 0 Å². The van der Waals surface area contributed by atoms with Crippen LogP contribution in [0.25, 0.3) is 11.4 Å². The van der Waals surface area contributed by atoms with Crippen LogP contribution in [0, 0.1) is 5.82 Å². The van der Waals surface area contributed by atoms with Gasteiger partial charge in [-0.1, -0.05) is 11.6 Å². The minimum absolute atomic E-state index is 0.0485. The molecule has 0 saturated carbocycles. The maximum Gasteiger partial charge on any atom is 0.418 e. The lowest BCUT2D eigenvalue weighted by atomic mass is 10.2. The molecule has 0 radical (unpaired) electrons. The van der Waals surface area contributed by atoms with Crippen molar-refractivity contribution in [3.63, 3.8) is 0 Å². The van der Waals surface area contributed by atoms with Gasteiger partial charge in [0, 0.05) is 18.0 Å².